The molecule has 10 heteroatoms. The number of halogens is 1. The van der Waals surface area contributed by atoms with Gasteiger partial charge in [0.2, 0.25) is 0 Å². The third-order valence-corrected chi connectivity index (χ3v) is 6.02. The highest BCUT2D eigenvalue weighted by Gasteiger charge is 2.37. The quantitative estimate of drug-likeness (QED) is 0.389. The molecule has 0 unspecified atom stereocenters. The first kappa shape index (κ1) is 25.2. The van der Waals surface area contributed by atoms with Crippen molar-refractivity contribution in [2.24, 2.45) is 5.92 Å². The van der Waals surface area contributed by atoms with Gasteiger partial charge in [-0.25, -0.2) is 14.2 Å². The second-order valence-electron chi connectivity index (χ2n) is 10.1. The van der Waals surface area contributed by atoms with E-state index in [1.807, 2.05) is 42.8 Å². The Balaban J connectivity index is 1.54. The van der Waals surface area contributed by atoms with Crippen molar-refractivity contribution >= 4 is 34.3 Å². The molecule has 0 radical (unpaired) electrons. The molecule has 2 atom stereocenters. The molecule has 1 amide bonds. The Hall–Kier alpha value is -3.87. The summed E-state index contributed by atoms with van der Waals surface area (Å²) in [5, 5.41) is 24.0. The zero-order chi connectivity index (χ0) is 26.0. The second kappa shape index (κ2) is 10.0. The van der Waals surface area contributed by atoms with Crippen LogP contribution in [0.4, 0.5) is 26.5 Å². The lowest BCUT2D eigenvalue weighted by atomic mass is 10.1. The number of hydrogen-bond acceptors (Lipinski definition) is 7. The van der Waals surface area contributed by atoms with Crippen LogP contribution in [0.5, 0.6) is 0 Å². The number of benzene rings is 1. The van der Waals surface area contributed by atoms with Gasteiger partial charge in [-0.2, -0.15) is 10.4 Å². The maximum atomic E-state index is 14.9. The number of alkyl carbamates (subject to hydrolysis) is 1. The number of anilines is 3. The summed E-state index contributed by atoms with van der Waals surface area (Å²) >= 11 is 0. The summed E-state index contributed by atoms with van der Waals surface area (Å²) < 4.78 is 22.2. The number of nitrogens with zero attached hydrogens (tertiary/aromatic N) is 4. The molecular formula is C26H32FN7O2. The van der Waals surface area contributed by atoms with Gasteiger partial charge in [0.1, 0.15) is 11.7 Å². The van der Waals surface area contributed by atoms with Crippen LogP contribution < -0.4 is 16.0 Å². The van der Waals surface area contributed by atoms with E-state index in [4.69, 9.17) is 4.74 Å². The van der Waals surface area contributed by atoms with E-state index < -0.39 is 17.5 Å². The predicted octanol–water partition coefficient (Wildman–Crippen LogP) is 5.31. The zero-order valence-corrected chi connectivity index (χ0v) is 21.2. The maximum Gasteiger partial charge on any atom is 0.407 e. The molecule has 1 aliphatic carbocycles. The van der Waals surface area contributed by atoms with E-state index in [0.29, 0.717) is 5.69 Å². The number of aromatic nitrogens is 3. The van der Waals surface area contributed by atoms with Crippen LogP contribution in [0.2, 0.25) is 0 Å². The first-order valence-corrected chi connectivity index (χ1v) is 12.2. The molecule has 4 rings (SSSR count). The van der Waals surface area contributed by atoms with E-state index in [2.05, 4.69) is 26.0 Å². The average Bonchev–Trinajstić information content (AvgIpc) is 3.57. The summed E-state index contributed by atoms with van der Waals surface area (Å²) in [7, 11) is 0. The Morgan fingerprint density at radius 1 is 1.31 bits per heavy atom. The molecule has 2 aromatic heterocycles. The smallest absolute Gasteiger partial charge is 0.407 e. The van der Waals surface area contributed by atoms with E-state index in [1.165, 1.54) is 0 Å². The Labute approximate surface area is 210 Å². The van der Waals surface area contributed by atoms with E-state index in [-0.39, 0.29) is 35.2 Å². The SMILES string of the molecule is CCn1ncc2cc(Nc3nc(N[C@H](C)[C@@H](NC(=O)OC(C)(C)C)C4CC4)c(F)cc3C#N)ccc21. The van der Waals surface area contributed by atoms with Crippen molar-refractivity contribution in [3.8, 4) is 6.07 Å². The number of carbonyl (C=O) groups excluding carboxylic acids is 1. The van der Waals surface area contributed by atoms with Crippen LogP contribution in [0.1, 0.15) is 53.0 Å². The molecule has 1 aromatic carbocycles. The fourth-order valence-electron chi connectivity index (χ4n) is 4.18. The molecule has 190 valence electrons. The summed E-state index contributed by atoms with van der Waals surface area (Å²) in [6.07, 6.45) is 3.21. The summed E-state index contributed by atoms with van der Waals surface area (Å²) in [6.45, 7) is 10.1. The molecule has 0 saturated heterocycles. The van der Waals surface area contributed by atoms with Crippen LogP contribution in [0.3, 0.4) is 0 Å². The van der Waals surface area contributed by atoms with Gasteiger partial charge in [-0.3, -0.25) is 4.68 Å². The molecule has 1 aliphatic rings. The van der Waals surface area contributed by atoms with Crippen molar-refractivity contribution < 1.29 is 13.9 Å². The number of rotatable bonds is 8. The predicted molar refractivity (Wildman–Crippen MR) is 137 cm³/mol. The Morgan fingerprint density at radius 2 is 2.06 bits per heavy atom. The molecule has 36 heavy (non-hydrogen) atoms. The number of ether oxygens (including phenoxy) is 1. The molecule has 3 aromatic rings. The number of nitrogens with one attached hydrogen (secondary N) is 3. The van der Waals surface area contributed by atoms with Crippen molar-refractivity contribution in [2.75, 3.05) is 10.6 Å². The molecular weight excluding hydrogens is 461 g/mol. The second-order valence-corrected chi connectivity index (χ2v) is 10.1. The van der Waals surface area contributed by atoms with Crippen molar-refractivity contribution in [3.63, 3.8) is 0 Å². The number of aryl methyl sites for hydroxylation is 1. The van der Waals surface area contributed by atoms with E-state index >= 15 is 0 Å². The number of carbonyl (C=O) groups is 1. The van der Waals surface area contributed by atoms with Crippen molar-refractivity contribution in [3.05, 3.63) is 41.8 Å². The van der Waals surface area contributed by atoms with Gasteiger partial charge < -0.3 is 20.7 Å². The minimum atomic E-state index is -0.643. The monoisotopic (exact) mass is 493 g/mol. The lowest BCUT2D eigenvalue weighted by Gasteiger charge is -2.28. The van der Waals surface area contributed by atoms with Gasteiger partial charge in [0, 0.05) is 23.7 Å². The Kier molecular flexibility index (Phi) is 7.02. The van der Waals surface area contributed by atoms with Crippen LogP contribution in [0.15, 0.2) is 30.5 Å². The number of nitriles is 1. The zero-order valence-electron chi connectivity index (χ0n) is 21.2. The van der Waals surface area contributed by atoms with Crippen molar-refractivity contribution in [2.45, 2.75) is 71.7 Å². The van der Waals surface area contributed by atoms with Crippen LogP contribution in [-0.2, 0) is 11.3 Å². The topological polar surface area (TPSA) is 117 Å². The fourth-order valence-corrected chi connectivity index (χ4v) is 4.18. The summed E-state index contributed by atoms with van der Waals surface area (Å²) in [5.74, 6) is -0.135. The van der Waals surface area contributed by atoms with Gasteiger partial charge in [0.25, 0.3) is 0 Å². The van der Waals surface area contributed by atoms with Gasteiger partial charge in [-0.05, 0) is 77.6 Å². The van der Waals surface area contributed by atoms with E-state index in [0.717, 1.165) is 36.4 Å². The molecule has 1 fully saturated rings. The fraction of sp³-hybridized carbons (Fsp3) is 0.462. The third kappa shape index (κ3) is 5.85. The van der Waals surface area contributed by atoms with Crippen LogP contribution >= 0.6 is 0 Å². The number of amides is 1. The minimum Gasteiger partial charge on any atom is -0.444 e. The largest absolute Gasteiger partial charge is 0.444 e. The van der Waals surface area contributed by atoms with Gasteiger partial charge in [0.05, 0.1) is 23.3 Å². The molecule has 3 N–H and O–H groups in total. The lowest BCUT2D eigenvalue weighted by Crippen LogP contribution is -2.48. The highest BCUT2D eigenvalue weighted by Crippen LogP contribution is 2.35. The first-order chi connectivity index (χ1) is 17.1. The number of hydrogen-bond donors (Lipinski definition) is 3. The first-order valence-electron chi connectivity index (χ1n) is 12.2. The molecule has 2 heterocycles. The van der Waals surface area contributed by atoms with Gasteiger partial charge >= 0.3 is 6.09 Å². The Bertz CT molecular complexity index is 1300. The normalized spacial score (nSPS) is 15.1. The summed E-state index contributed by atoms with van der Waals surface area (Å²) in [5.41, 5.74) is 1.17. The van der Waals surface area contributed by atoms with Crippen molar-refractivity contribution in [1.82, 2.24) is 20.1 Å². The van der Waals surface area contributed by atoms with Crippen LogP contribution in [0, 0.1) is 23.1 Å². The van der Waals surface area contributed by atoms with Gasteiger partial charge in [0.15, 0.2) is 17.5 Å². The molecule has 9 nitrogen and oxygen atoms in total. The molecule has 0 aliphatic heterocycles. The maximum absolute atomic E-state index is 14.9. The number of fused-ring (bicyclic) bond motifs is 1. The molecule has 1 saturated carbocycles. The minimum absolute atomic E-state index is 0.000481. The summed E-state index contributed by atoms with van der Waals surface area (Å²) in [4.78, 5) is 16.8. The van der Waals surface area contributed by atoms with Crippen LogP contribution in [0.25, 0.3) is 10.9 Å². The average molecular weight is 494 g/mol. The van der Waals surface area contributed by atoms with Gasteiger partial charge in [-0.1, -0.05) is 0 Å². The van der Waals surface area contributed by atoms with Crippen molar-refractivity contribution in [1.29, 1.82) is 5.26 Å². The highest BCUT2D eigenvalue weighted by molar-refractivity contribution is 5.83. The highest BCUT2D eigenvalue weighted by atomic mass is 19.1. The van der Waals surface area contributed by atoms with E-state index in [9.17, 15) is 14.4 Å². The van der Waals surface area contributed by atoms with Gasteiger partial charge in [-0.15, -0.1) is 0 Å². The summed E-state index contributed by atoms with van der Waals surface area (Å²) in [6, 6.07) is 8.29. The van der Waals surface area contributed by atoms with E-state index in [1.54, 1.807) is 27.0 Å². The lowest BCUT2D eigenvalue weighted by molar-refractivity contribution is 0.0493. The standard InChI is InChI=1S/C26H32FN7O2/c1-6-34-21-10-9-19(11-18(21)14-29-34)31-23-17(13-28)12-20(27)24(33-23)30-15(2)22(16-7-8-16)32-25(35)36-26(3,4)5/h9-12,14-16,22H,6-8H2,1-5H3,(H,32,35)(H2,30,31,33)/t15-,22-/m1/s1. The number of pyridine rings is 1. The molecule has 0 spiro atoms. The Morgan fingerprint density at radius 3 is 2.69 bits per heavy atom. The molecule has 0 bridgehead atoms. The van der Waals surface area contributed by atoms with Crippen LogP contribution in [-0.4, -0.2) is 38.5 Å². The third-order valence-electron chi connectivity index (χ3n) is 6.02.